The van der Waals surface area contributed by atoms with Gasteiger partial charge < -0.3 is 9.64 Å². The van der Waals surface area contributed by atoms with E-state index in [0.29, 0.717) is 12.2 Å². The number of nitrogens with one attached hydrogen (secondary N) is 2. The van der Waals surface area contributed by atoms with Gasteiger partial charge in [-0.15, -0.1) is 0 Å². The van der Waals surface area contributed by atoms with Crippen molar-refractivity contribution in [2.75, 3.05) is 18.9 Å². The van der Waals surface area contributed by atoms with Crippen LogP contribution in [0.4, 0.5) is 9.18 Å². The number of carbonyl (C=O) groups is 2. The molecule has 1 aliphatic rings. The Morgan fingerprint density at radius 2 is 1.91 bits per heavy atom. The first-order chi connectivity index (χ1) is 14.8. The summed E-state index contributed by atoms with van der Waals surface area (Å²) in [5.74, 6) is -0.687. The van der Waals surface area contributed by atoms with Gasteiger partial charge in [-0.1, -0.05) is 32.1 Å². The zero-order valence-electron chi connectivity index (χ0n) is 19.1. The molecule has 0 aliphatic carbocycles. The Balaban J connectivity index is 1.89. The van der Waals surface area contributed by atoms with Gasteiger partial charge in [-0.05, 0) is 50.8 Å². The van der Waals surface area contributed by atoms with Crippen LogP contribution in [-0.4, -0.2) is 49.7 Å². The molecule has 2 N–H and O–H groups in total. The molecular formula is C22H32FN3O5S. The van der Waals surface area contributed by atoms with Gasteiger partial charge in [0.1, 0.15) is 5.54 Å². The van der Waals surface area contributed by atoms with Crippen LogP contribution in [0.15, 0.2) is 30.4 Å². The molecule has 2 rings (SSSR count). The summed E-state index contributed by atoms with van der Waals surface area (Å²) in [4.78, 5) is 25.0. The van der Waals surface area contributed by atoms with Crippen LogP contribution in [0.5, 0.6) is 5.75 Å². The number of benzene rings is 1. The first-order valence-corrected chi connectivity index (χ1v) is 12.2. The fourth-order valence-corrected chi connectivity index (χ4v) is 4.32. The molecule has 0 saturated carbocycles. The standard InChI is InChI=1S/C22H32FN3O5S/c1-15(2)14-31-19-13-17(9-10-18(19)23)16(3)25-32(29,30)12-8-6-7-11-26-21(28)24-20(27)22(26,4)5/h6-7,9-10,13,15-16,25H,8,11-12,14H2,1-5H3,(H,24,27,28). The minimum absolute atomic E-state index is 0.0949. The first kappa shape index (κ1) is 25.8. The summed E-state index contributed by atoms with van der Waals surface area (Å²) in [5.41, 5.74) is -0.353. The smallest absolute Gasteiger partial charge is 0.325 e. The van der Waals surface area contributed by atoms with Crippen LogP contribution in [0, 0.1) is 11.7 Å². The van der Waals surface area contributed by atoms with Crippen molar-refractivity contribution in [1.29, 1.82) is 0 Å². The molecule has 1 atom stereocenters. The average molecular weight is 470 g/mol. The van der Waals surface area contributed by atoms with Gasteiger partial charge in [0.15, 0.2) is 11.6 Å². The van der Waals surface area contributed by atoms with Gasteiger partial charge in [0.2, 0.25) is 10.0 Å². The molecule has 1 saturated heterocycles. The first-order valence-electron chi connectivity index (χ1n) is 10.5. The van der Waals surface area contributed by atoms with Crippen molar-refractivity contribution in [2.45, 2.75) is 52.6 Å². The molecule has 1 heterocycles. The number of allylic oxidation sites excluding steroid dienone is 1. The number of nitrogens with zero attached hydrogens (tertiary/aromatic N) is 1. The molecule has 0 spiro atoms. The maximum Gasteiger partial charge on any atom is 0.325 e. The summed E-state index contributed by atoms with van der Waals surface area (Å²) in [6, 6.07) is 3.26. The zero-order valence-corrected chi connectivity index (χ0v) is 20.0. The number of urea groups is 1. The van der Waals surface area contributed by atoms with Crippen LogP contribution >= 0.6 is 0 Å². The Labute approximate surface area is 189 Å². The van der Waals surface area contributed by atoms with E-state index >= 15 is 0 Å². The lowest BCUT2D eigenvalue weighted by atomic mass is 10.0. The number of hydrogen-bond acceptors (Lipinski definition) is 5. The van der Waals surface area contributed by atoms with Crippen molar-refractivity contribution in [3.63, 3.8) is 0 Å². The number of hydrogen-bond donors (Lipinski definition) is 2. The molecule has 1 aromatic carbocycles. The van der Waals surface area contributed by atoms with E-state index in [1.54, 1.807) is 32.9 Å². The zero-order chi connectivity index (χ0) is 24.1. The average Bonchev–Trinajstić information content (AvgIpc) is 2.87. The highest BCUT2D eigenvalue weighted by Gasteiger charge is 2.44. The maximum absolute atomic E-state index is 13.9. The highest BCUT2D eigenvalue weighted by molar-refractivity contribution is 7.89. The lowest BCUT2D eigenvalue weighted by Crippen LogP contribution is -2.44. The second-order valence-electron chi connectivity index (χ2n) is 8.74. The van der Waals surface area contributed by atoms with Gasteiger partial charge >= 0.3 is 6.03 Å². The summed E-state index contributed by atoms with van der Waals surface area (Å²) < 4.78 is 46.9. The minimum Gasteiger partial charge on any atom is -0.490 e. The summed E-state index contributed by atoms with van der Waals surface area (Å²) in [6.07, 6.45) is 3.56. The molecule has 1 aliphatic heterocycles. The van der Waals surface area contributed by atoms with Crippen LogP contribution in [0.25, 0.3) is 0 Å². The number of carbonyl (C=O) groups excluding carboxylic acids is 2. The van der Waals surface area contributed by atoms with E-state index in [-0.39, 0.29) is 36.3 Å². The molecule has 178 valence electrons. The molecule has 32 heavy (non-hydrogen) atoms. The quantitative estimate of drug-likeness (QED) is 0.383. The SMILES string of the molecule is CC(C)COc1cc(C(C)NS(=O)(=O)CCC=CCN2C(=O)NC(=O)C2(C)C)ccc1F. The third-order valence-corrected chi connectivity index (χ3v) is 6.57. The van der Waals surface area contributed by atoms with E-state index in [2.05, 4.69) is 10.0 Å². The van der Waals surface area contributed by atoms with Crippen molar-refractivity contribution in [3.05, 3.63) is 41.7 Å². The van der Waals surface area contributed by atoms with Crippen molar-refractivity contribution >= 4 is 22.0 Å². The monoisotopic (exact) mass is 469 g/mol. The summed E-state index contributed by atoms with van der Waals surface area (Å²) in [7, 11) is -3.60. The van der Waals surface area contributed by atoms with Crippen LogP contribution in [-0.2, 0) is 14.8 Å². The topological polar surface area (TPSA) is 105 Å². The number of sulfonamides is 1. The predicted molar refractivity (Wildman–Crippen MR) is 120 cm³/mol. The summed E-state index contributed by atoms with van der Waals surface area (Å²) in [6.45, 7) is 9.43. The van der Waals surface area contributed by atoms with Gasteiger partial charge in [-0.25, -0.2) is 22.3 Å². The van der Waals surface area contributed by atoms with Gasteiger partial charge in [0.05, 0.1) is 12.4 Å². The predicted octanol–water partition coefficient (Wildman–Crippen LogP) is 3.12. The maximum atomic E-state index is 13.9. The lowest BCUT2D eigenvalue weighted by molar-refractivity contribution is -0.124. The van der Waals surface area contributed by atoms with E-state index in [4.69, 9.17) is 4.74 Å². The van der Waals surface area contributed by atoms with Crippen molar-refractivity contribution < 1.29 is 27.1 Å². The third-order valence-electron chi connectivity index (χ3n) is 5.09. The normalized spacial score (nSPS) is 17.3. The fourth-order valence-electron chi connectivity index (χ4n) is 3.08. The molecular weight excluding hydrogens is 437 g/mol. The van der Waals surface area contributed by atoms with E-state index in [0.717, 1.165) is 0 Å². The van der Waals surface area contributed by atoms with Crippen molar-refractivity contribution in [1.82, 2.24) is 14.9 Å². The molecule has 0 aromatic heterocycles. The van der Waals surface area contributed by atoms with Crippen molar-refractivity contribution in [3.8, 4) is 5.75 Å². The number of rotatable bonds is 11. The molecule has 3 amide bonds. The number of imide groups is 1. The van der Waals surface area contributed by atoms with Crippen LogP contribution < -0.4 is 14.8 Å². The highest BCUT2D eigenvalue weighted by Crippen LogP contribution is 2.24. The van der Waals surface area contributed by atoms with Crippen LogP contribution in [0.2, 0.25) is 0 Å². The van der Waals surface area contributed by atoms with Gasteiger partial charge in [0.25, 0.3) is 5.91 Å². The molecule has 10 heteroatoms. The van der Waals surface area contributed by atoms with Gasteiger partial charge in [-0.2, -0.15) is 0 Å². The Hall–Kier alpha value is -2.46. The minimum atomic E-state index is -3.60. The number of ether oxygens (including phenoxy) is 1. The molecule has 8 nitrogen and oxygen atoms in total. The van der Waals surface area contributed by atoms with Gasteiger partial charge in [-0.3, -0.25) is 10.1 Å². The Morgan fingerprint density at radius 3 is 2.50 bits per heavy atom. The Kier molecular flexibility index (Phi) is 8.41. The molecule has 0 radical (unpaired) electrons. The fraction of sp³-hybridized carbons (Fsp3) is 0.545. The molecule has 0 bridgehead atoms. The lowest BCUT2D eigenvalue weighted by Gasteiger charge is -2.26. The van der Waals surface area contributed by atoms with E-state index in [1.165, 1.54) is 23.1 Å². The second-order valence-corrected chi connectivity index (χ2v) is 10.6. The van der Waals surface area contributed by atoms with Gasteiger partial charge in [0, 0.05) is 12.6 Å². The summed E-state index contributed by atoms with van der Waals surface area (Å²) >= 11 is 0. The number of amides is 3. The van der Waals surface area contributed by atoms with E-state index in [9.17, 15) is 22.4 Å². The van der Waals surface area contributed by atoms with Crippen molar-refractivity contribution in [2.24, 2.45) is 5.92 Å². The highest BCUT2D eigenvalue weighted by atomic mass is 32.2. The van der Waals surface area contributed by atoms with Crippen LogP contribution in [0.3, 0.4) is 0 Å². The Morgan fingerprint density at radius 1 is 1.22 bits per heavy atom. The molecule has 1 aromatic rings. The molecule has 1 unspecified atom stereocenters. The summed E-state index contributed by atoms with van der Waals surface area (Å²) in [5, 5.41) is 2.26. The van der Waals surface area contributed by atoms with E-state index in [1.807, 2.05) is 13.8 Å². The molecule has 1 fully saturated rings. The van der Waals surface area contributed by atoms with Crippen LogP contribution in [0.1, 0.15) is 52.6 Å². The Bertz CT molecular complexity index is 976. The number of halogens is 1. The third kappa shape index (κ3) is 6.77. The second kappa shape index (κ2) is 10.4. The largest absolute Gasteiger partial charge is 0.490 e. The van der Waals surface area contributed by atoms with E-state index < -0.39 is 33.5 Å².